The van der Waals surface area contributed by atoms with Gasteiger partial charge >= 0.3 is 0 Å². The zero-order valence-electron chi connectivity index (χ0n) is 14.7. The number of rotatable bonds is 4. The molecule has 0 spiro atoms. The summed E-state index contributed by atoms with van der Waals surface area (Å²) in [7, 11) is 0. The van der Waals surface area contributed by atoms with Gasteiger partial charge in [0.25, 0.3) is 5.91 Å². The van der Waals surface area contributed by atoms with E-state index in [1.165, 1.54) is 12.8 Å². The minimum absolute atomic E-state index is 0.144. The minimum atomic E-state index is -0.144. The van der Waals surface area contributed by atoms with Crippen molar-refractivity contribution in [2.75, 3.05) is 0 Å². The molecule has 1 saturated carbocycles. The molecule has 1 aliphatic rings. The first-order chi connectivity index (χ1) is 12.6. The van der Waals surface area contributed by atoms with Crippen molar-refractivity contribution in [3.63, 3.8) is 0 Å². The number of nitriles is 1. The molecule has 6 heteroatoms. The summed E-state index contributed by atoms with van der Waals surface area (Å²) in [6, 6.07) is 11.5. The van der Waals surface area contributed by atoms with Crippen LogP contribution in [0.25, 0.3) is 16.9 Å². The average molecular weight is 345 g/mol. The number of hydrogen-bond acceptors (Lipinski definition) is 4. The number of hydrogen-bond donors (Lipinski definition) is 1. The Kier molecular flexibility index (Phi) is 3.92. The van der Waals surface area contributed by atoms with Crippen LogP contribution >= 0.6 is 0 Å². The van der Waals surface area contributed by atoms with Gasteiger partial charge in [0.2, 0.25) is 0 Å². The van der Waals surface area contributed by atoms with Crippen LogP contribution in [0, 0.1) is 24.2 Å². The third-order valence-electron chi connectivity index (χ3n) is 4.87. The van der Waals surface area contributed by atoms with E-state index in [2.05, 4.69) is 21.5 Å². The SMILES string of the molecule is Cc1cc(-c2cccc(C#N)c2)nc2c(C(=O)N[C@H](C)C3CC3)cnn12. The number of carbonyl (C=O) groups excluding carboxylic acids is 1. The summed E-state index contributed by atoms with van der Waals surface area (Å²) in [5, 5.41) is 16.5. The molecule has 2 aromatic heterocycles. The lowest BCUT2D eigenvalue weighted by Gasteiger charge is -2.12. The molecule has 0 radical (unpaired) electrons. The molecule has 0 saturated heterocycles. The maximum Gasteiger partial charge on any atom is 0.256 e. The Morgan fingerprint density at radius 3 is 2.92 bits per heavy atom. The minimum Gasteiger partial charge on any atom is -0.349 e. The van der Waals surface area contributed by atoms with Crippen LogP contribution in [-0.2, 0) is 0 Å². The second-order valence-electron chi connectivity index (χ2n) is 6.87. The van der Waals surface area contributed by atoms with E-state index in [1.54, 1.807) is 22.8 Å². The molecule has 3 aromatic rings. The molecule has 0 unspecified atom stereocenters. The number of carbonyl (C=O) groups is 1. The summed E-state index contributed by atoms with van der Waals surface area (Å²) in [6.07, 6.45) is 3.92. The predicted molar refractivity (Wildman–Crippen MR) is 97.5 cm³/mol. The van der Waals surface area contributed by atoms with E-state index in [4.69, 9.17) is 5.26 Å². The van der Waals surface area contributed by atoms with Gasteiger partial charge in [-0.3, -0.25) is 4.79 Å². The highest BCUT2D eigenvalue weighted by Gasteiger charge is 2.29. The highest BCUT2D eigenvalue weighted by molar-refractivity contribution is 6.00. The van der Waals surface area contributed by atoms with Crippen LogP contribution in [0.4, 0.5) is 0 Å². The smallest absolute Gasteiger partial charge is 0.256 e. The number of amides is 1. The van der Waals surface area contributed by atoms with E-state index in [0.717, 1.165) is 17.0 Å². The van der Waals surface area contributed by atoms with Gasteiger partial charge in [-0.2, -0.15) is 10.4 Å². The largest absolute Gasteiger partial charge is 0.349 e. The van der Waals surface area contributed by atoms with E-state index in [-0.39, 0.29) is 11.9 Å². The normalized spacial score (nSPS) is 14.8. The number of aryl methyl sites for hydroxylation is 1. The number of benzene rings is 1. The van der Waals surface area contributed by atoms with Crippen molar-refractivity contribution in [3.8, 4) is 17.3 Å². The third kappa shape index (κ3) is 2.93. The van der Waals surface area contributed by atoms with Gasteiger partial charge in [-0.25, -0.2) is 9.50 Å². The second kappa shape index (κ2) is 6.26. The summed E-state index contributed by atoms with van der Waals surface area (Å²) in [5.74, 6) is 0.439. The Morgan fingerprint density at radius 1 is 1.38 bits per heavy atom. The zero-order valence-corrected chi connectivity index (χ0v) is 14.7. The molecule has 1 atom stereocenters. The van der Waals surface area contributed by atoms with Crippen LogP contribution < -0.4 is 5.32 Å². The Labute approximate surface area is 151 Å². The monoisotopic (exact) mass is 345 g/mol. The Balaban J connectivity index is 1.75. The standard InChI is InChI=1S/C20H19N5O/c1-12-8-18(16-5-3-4-14(9-16)10-21)24-19-17(11-22-25(12)19)20(26)23-13(2)15-6-7-15/h3-5,8-9,11,13,15H,6-7H2,1-2H3,(H,23,26)/t13-/m1/s1. The van der Waals surface area contributed by atoms with Crippen LogP contribution in [0.2, 0.25) is 0 Å². The van der Waals surface area contributed by atoms with Gasteiger partial charge in [0.1, 0.15) is 5.56 Å². The number of aromatic nitrogens is 3. The van der Waals surface area contributed by atoms with Crippen molar-refractivity contribution >= 4 is 11.6 Å². The van der Waals surface area contributed by atoms with Crippen molar-refractivity contribution in [3.05, 3.63) is 53.3 Å². The number of nitrogens with one attached hydrogen (secondary N) is 1. The molecule has 1 fully saturated rings. The summed E-state index contributed by atoms with van der Waals surface area (Å²) in [5.41, 5.74) is 4.01. The predicted octanol–water partition coefficient (Wildman–Crippen LogP) is 3.10. The molecule has 6 nitrogen and oxygen atoms in total. The lowest BCUT2D eigenvalue weighted by atomic mass is 10.1. The highest BCUT2D eigenvalue weighted by atomic mass is 16.1. The first kappa shape index (κ1) is 16.3. The molecule has 0 aliphatic heterocycles. The van der Waals surface area contributed by atoms with Crippen LogP contribution in [0.3, 0.4) is 0 Å². The quantitative estimate of drug-likeness (QED) is 0.787. The van der Waals surface area contributed by atoms with Gasteiger partial charge in [-0.05, 0) is 50.8 Å². The Hall–Kier alpha value is -3.20. The highest BCUT2D eigenvalue weighted by Crippen LogP contribution is 2.32. The first-order valence-electron chi connectivity index (χ1n) is 8.73. The van der Waals surface area contributed by atoms with E-state index in [9.17, 15) is 4.79 Å². The molecular formula is C20H19N5O. The van der Waals surface area contributed by atoms with E-state index in [1.807, 2.05) is 32.0 Å². The summed E-state index contributed by atoms with van der Waals surface area (Å²) in [4.78, 5) is 17.3. The lowest BCUT2D eigenvalue weighted by Crippen LogP contribution is -2.34. The zero-order chi connectivity index (χ0) is 18.3. The van der Waals surface area contributed by atoms with Crippen molar-refractivity contribution in [1.82, 2.24) is 19.9 Å². The molecule has 130 valence electrons. The molecule has 1 aliphatic carbocycles. The fourth-order valence-electron chi connectivity index (χ4n) is 3.17. The van der Waals surface area contributed by atoms with Crippen LogP contribution in [0.15, 0.2) is 36.5 Å². The van der Waals surface area contributed by atoms with Crippen LogP contribution in [0.1, 0.15) is 41.4 Å². The first-order valence-corrected chi connectivity index (χ1v) is 8.73. The van der Waals surface area contributed by atoms with Crippen molar-refractivity contribution < 1.29 is 4.79 Å². The van der Waals surface area contributed by atoms with Gasteiger partial charge in [0.15, 0.2) is 5.65 Å². The summed E-state index contributed by atoms with van der Waals surface area (Å²) >= 11 is 0. The van der Waals surface area contributed by atoms with Crippen LogP contribution in [0.5, 0.6) is 0 Å². The molecule has 26 heavy (non-hydrogen) atoms. The van der Waals surface area contributed by atoms with Gasteiger partial charge in [0.05, 0.1) is 23.5 Å². The topological polar surface area (TPSA) is 83.1 Å². The summed E-state index contributed by atoms with van der Waals surface area (Å²) < 4.78 is 1.67. The molecule has 1 aromatic carbocycles. The maximum atomic E-state index is 12.7. The van der Waals surface area contributed by atoms with E-state index >= 15 is 0 Å². The average Bonchev–Trinajstić information content (AvgIpc) is 3.41. The maximum absolute atomic E-state index is 12.7. The second-order valence-corrected chi connectivity index (χ2v) is 6.87. The lowest BCUT2D eigenvalue weighted by molar-refractivity contribution is 0.0937. The molecular weight excluding hydrogens is 326 g/mol. The fourth-order valence-corrected chi connectivity index (χ4v) is 3.17. The van der Waals surface area contributed by atoms with Crippen molar-refractivity contribution in [2.45, 2.75) is 32.7 Å². The molecule has 0 bridgehead atoms. The van der Waals surface area contributed by atoms with E-state index in [0.29, 0.717) is 22.7 Å². The van der Waals surface area contributed by atoms with Gasteiger partial charge in [0, 0.05) is 17.3 Å². The molecule has 4 rings (SSSR count). The third-order valence-corrected chi connectivity index (χ3v) is 4.87. The number of nitrogens with zero attached hydrogens (tertiary/aromatic N) is 4. The Morgan fingerprint density at radius 2 is 2.19 bits per heavy atom. The van der Waals surface area contributed by atoms with Gasteiger partial charge in [-0.1, -0.05) is 12.1 Å². The van der Waals surface area contributed by atoms with Crippen molar-refractivity contribution in [1.29, 1.82) is 5.26 Å². The van der Waals surface area contributed by atoms with Gasteiger partial charge < -0.3 is 5.32 Å². The van der Waals surface area contributed by atoms with E-state index < -0.39 is 0 Å². The molecule has 2 heterocycles. The van der Waals surface area contributed by atoms with Crippen molar-refractivity contribution in [2.24, 2.45) is 5.92 Å². The Bertz CT molecular complexity index is 1040. The fraction of sp³-hybridized carbons (Fsp3) is 0.300. The molecule has 1 amide bonds. The number of fused-ring (bicyclic) bond motifs is 1. The molecule has 1 N–H and O–H groups in total. The summed E-state index contributed by atoms with van der Waals surface area (Å²) in [6.45, 7) is 3.96. The van der Waals surface area contributed by atoms with Gasteiger partial charge in [-0.15, -0.1) is 0 Å². The van der Waals surface area contributed by atoms with Crippen LogP contribution in [-0.4, -0.2) is 26.5 Å².